The summed E-state index contributed by atoms with van der Waals surface area (Å²) in [5.41, 5.74) is -0.536. The molecule has 0 saturated carbocycles. The van der Waals surface area contributed by atoms with E-state index in [2.05, 4.69) is 20.3 Å². The summed E-state index contributed by atoms with van der Waals surface area (Å²) in [5, 5.41) is 8.77. The summed E-state index contributed by atoms with van der Waals surface area (Å²) < 4.78 is 43.3. The van der Waals surface area contributed by atoms with E-state index in [0.29, 0.717) is 5.56 Å². The molecule has 0 radical (unpaired) electrons. The number of halogens is 4. The molecular weight excluding hydrogens is 329 g/mol. The Labute approximate surface area is 113 Å². The van der Waals surface area contributed by atoms with Crippen LogP contribution in [0.3, 0.4) is 0 Å². The third kappa shape index (κ3) is 2.81. The number of rotatable bonds is 2. The highest BCUT2D eigenvalue weighted by Crippen LogP contribution is 2.37. The highest BCUT2D eigenvalue weighted by molar-refractivity contribution is 9.10. The van der Waals surface area contributed by atoms with Crippen LogP contribution < -0.4 is 0 Å². The van der Waals surface area contributed by atoms with Crippen LogP contribution in [0.4, 0.5) is 13.2 Å². The average Bonchev–Trinajstić information content (AvgIpc) is 2.74. The van der Waals surface area contributed by atoms with Crippen LogP contribution in [0, 0.1) is 0 Å². The summed E-state index contributed by atoms with van der Waals surface area (Å²) in [5.74, 6) is -3.32. The molecule has 1 aromatic carbocycles. The molecular formula is C12H6BrF3O3. The lowest BCUT2D eigenvalue weighted by Crippen LogP contribution is -2.09. The first-order valence-corrected chi connectivity index (χ1v) is 5.78. The maximum Gasteiger partial charge on any atom is 0.450 e. The summed E-state index contributed by atoms with van der Waals surface area (Å²) in [6.45, 7) is 0. The molecule has 0 amide bonds. The Hall–Kier alpha value is -1.76. The van der Waals surface area contributed by atoms with E-state index >= 15 is 0 Å². The SMILES string of the molecule is O=C(O)c1cc(-c2ccc(Br)cc2)oc1C(F)(F)F. The van der Waals surface area contributed by atoms with Crippen molar-refractivity contribution >= 4 is 21.9 Å². The van der Waals surface area contributed by atoms with E-state index in [4.69, 9.17) is 5.11 Å². The van der Waals surface area contributed by atoms with Crippen LogP contribution >= 0.6 is 15.9 Å². The van der Waals surface area contributed by atoms with Crippen molar-refractivity contribution in [2.45, 2.75) is 6.18 Å². The van der Waals surface area contributed by atoms with Crippen molar-refractivity contribution in [1.82, 2.24) is 0 Å². The topological polar surface area (TPSA) is 50.4 Å². The first-order chi connectivity index (χ1) is 8.79. The van der Waals surface area contributed by atoms with E-state index in [1.54, 1.807) is 12.1 Å². The van der Waals surface area contributed by atoms with Gasteiger partial charge in [-0.15, -0.1) is 0 Å². The van der Waals surface area contributed by atoms with Crippen molar-refractivity contribution < 1.29 is 27.5 Å². The molecule has 2 rings (SSSR count). The minimum atomic E-state index is -4.85. The monoisotopic (exact) mass is 334 g/mol. The Balaban J connectivity index is 2.55. The van der Waals surface area contributed by atoms with Crippen molar-refractivity contribution in [3.63, 3.8) is 0 Å². The largest absolute Gasteiger partial charge is 0.478 e. The van der Waals surface area contributed by atoms with Gasteiger partial charge in [-0.2, -0.15) is 13.2 Å². The molecule has 1 aromatic heterocycles. The van der Waals surface area contributed by atoms with Gasteiger partial charge in [-0.3, -0.25) is 0 Å². The zero-order chi connectivity index (χ0) is 14.2. The molecule has 0 fully saturated rings. The molecule has 1 N–H and O–H groups in total. The van der Waals surface area contributed by atoms with Crippen LogP contribution in [0.15, 0.2) is 39.2 Å². The van der Waals surface area contributed by atoms with Gasteiger partial charge in [0.25, 0.3) is 0 Å². The fourth-order valence-corrected chi connectivity index (χ4v) is 1.78. The normalized spacial score (nSPS) is 11.6. The first-order valence-electron chi connectivity index (χ1n) is 4.99. The number of carboxylic acid groups (broad SMARTS) is 1. The predicted molar refractivity (Wildman–Crippen MR) is 63.8 cm³/mol. The van der Waals surface area contributed by atoms with E-state index in [-0.39, 0.29) is 5.76 Å². The van der Waals surface area contributed by atoms with E-state index in [0.717, 1.165) is 10.5 Å². The smallest absolute Gasteiger partial charge is 0.450 e. The van der Waals surface area contributed by atoms with Gasteiger partial charge in [0.15, 0.2) is 0 Å². The third-order valence-corrected chi connectivity index (χ3v) is 2.88. The molecule has 0 aliphatic carbocycles. The predicted octanol–water partition coefficient (Wildman–Crippen LogP) is 4.43. The van der Waals surface area contributed by atoms with Gasteiger partial charge in [-0.25, -0.2) is 4.79 Å². The Morgan fingerprint density at radius 1 is 1.21 bits per heavy atom. The van der Waals surface area contributed by atoms with Gasteiger partial charge in [0, 0.05) is 10.0 Å². The fourth-order valence-electron chi connectivity index (χ4n) is 1.52. The average molecular weight is 335 g/mol. The maximum atomic E-state index is 12.6. The minimum absolute atomic E-state index is 0.141. The molecule has 100 valence electrons. The Bertz CT molecular complexity index is 614. The zero-order valence-corrected chi connectivity index (χ0v) is 10.7. The minimum Gasteiger partial charge on any atom is -0.478 e. The van der Waals surface area contributed by atoms with Crippen molar-refractivity contribution in [2.24, 2.45) is 0 Å². The third-order valence-electron chi connectivity index (χ3n) is 2.35. The lowest BCUT2D eigenvalue weighted by atomic mass is 10.1. The number of hydrogen-bond donors (Lipinski definition) is 1. The fraction of sp³-hybridized carbons (Fsp3) is 0.0833. The molecule has 19 heavy (non-hydrogen) atoms. The molecule has 7 heteroatoms. The maximum absolute atomic E-state index is 12.6. The van der Waals surface area contributed by atoms with Crippen molar-refractivity contribution in [1.29, 1.82) is 0 Å². The number of furan rings is 1. The Morgan fingerprint density at radius 2 is 1.79 bits per heavy atom. The molecule has 0 saturated heterocycles. The van der Waals surface area contributed by atoms with Crippen LogP contribution in [-0.2, 0) is 6.18 Å². The summed E-state index contributed by atoms with van der Waals surface area (Å²) in [6, 6.07) is 7.15. The van der Waals surface area contributed by atoms with Crippen LogP contribution in [0.5, 0.6) is 0 Å². The van der Waals surface area contributed by atoms with E-state index in [1.807, 2.05) is 0 Å². The van der Waals surface area contributed by atoms with E-state index < -0.39 is 23.5 Å². The van der Waals surface area contributed by atoms with Crippen LogP contribution in [-0.4, -0.2) is 11.1 Å². The van der Waals surface area contributed by atoms with Crippen LogP contribution in [0.25, 0.3) is 11.3 Å². The van der Waals surface area contributed by atoms with Crippen molar-refractivity contribution in [2.75, 3.05) is 0 Å². The van der Waals surface area contributed by atoms with Gasteiger partial charge < -0.3 is 9.52 Å². The van der Waals surface area contributed by atoms with E-state index in [1.165, 1.54) is 12.1 Å². The van der Waals surface area contributed by atoms with Crippen molar-refractivity contribution in [3.05, 3.63) is 46.1 Å². The molecule has 0 aliphatic heterocycles. The summed E-state index contributed by atoms with van der Waals surface area (Å²) in [4.78, 5) is 10.8. The van der Waals surface area contributed by atoms with Crippen LogP contribution in [0.1, 0.15) is 16.1 Å². The second-order valence-corrected chi connectivity index (χ2v) is 4.58. The number of hydrogen-bond acceptors (Lipinski definition) is 2. The van der Waals surface area contributed by atoms with Gasteiger partial charge in [0.2, 0.25) is 5.76 Å². The highest BCUT2D eigenvalue weighted by atomic mass is 79.9. The second-order valence-electron chi connectivity index (χ2n) is 3.66. The summed E-state index contributed by atoms with van der Waals surface area (Å²) in [6.07, 6.45) is -4.85. The summed E-state index contributed by atoms with van der Waals surface area (Å²) in [7, 11) is 0. The van der Waals surface area contributed by atoms with Crippen molar-refractivity contribution in [3.8, 4) is 11.3 Å². The number of carbonyl (C=O) groups is 1. The first kappa shape index (κ1) is 13.7. The number of aromatic carboxylic acids is 1. The molecule has 0 bridgehead atoms. The standard InChI is InChI=1S/C12H6BrF3O3/c13-7-3-1-6(2-4-7)9-5-8(11(17)18)10(19-9)12(14,15)16/h1-5H,(H,17,18). The molecule has 1 heterocycles. The molecule has 0 unspecified atom stereocenters. The number of alkyl halides is 3. The van der Waals surface area contributed by atoms with Gasteiger partial charge in [0.1, 0.15) is 11.3 Å². The van der Waals surface area contributed by atoms with Gasteiger partial charge in [0.05, 0.1) is 0 Å². The second kappa shape index (κ2) is 4.73. The zero-order valence-electron chi connectivity index (χ0n) is 9.16. The van der Waals surface area contributed by atoms with Crippen LogP contribution in [0.2, 0.25) is 0 Å². The molecule has 0 spiro atoms. The van der Waals surface area contributed by atoms with Gasteiger partial charge in [-0.1, -0.05) is 28.1 Å². The Morgan fingerprint density at radius 3 is 2.21 bits per heavy atom. The van der Waals surface area contributed by atoms with Gasteiger partial charge >= 0.3 is 12.1 Å². The lowest BCUT2D eigenvalue weighted by molar-refractivity contribution is -0.153. The van der Waals surface area contributed by atoms with E-state index in [9.17, 15) is 18.0 Å². The highest BCUT2D eigenvalue weighted by Gasteiger charge is 2.40. The quantitative estimate of drug-likeness (QED) is 0.884. The Kier molecular flexibility index (Phi) is 3.40. The molecule has 3 nitrogen and oxygen atoms in total. The molecule has 0 aliphatic rings. The summed E-state index contributed by atoms with van der Waals surface area (Å²) >= 11 is 3.19. The lowest BCUT2D eigenvalue weighted by Gasteiger charge is -2.03. The number of carboxylic acids is 1. The molecule has 2 aromatic rings. The number of benzene rings is 1. The van der Waals surface area contributed by atoms with Gasteiger partial charge in [-0.05, 0) is 18.2 Å². The molecule has 0 atom stereocenters.